The Balaban J connectivity index is 1.44. The highest BCUT2D eigenvalue weighted by Crippen LogP contribution is 2.33. The maximum Gasteiger partial charge on any atom is 0.227 e. The van der Waals surface area contributed by atoms with Gasteiger partial charge in [-0.15, -0.1) is 0 Å². The Morgan fingerprint density at radius 2 is 1.83 bits per heavy atom. The highest BCUT2D eigenvalue weighted by Gasteiger charge is 2.26. The molecule has 4 nitrogen and oxygen atoms in total. The number of hydrogen-bond acceptors (Lipinski definition) is 3. The molecular weight excluding hydrogens is 370 g/mol. The third kappa shape index (κ3) is 4.79. The van der Waals surface area contributed by atoms with Gasteiger partial charge >= 0.3 is 0 Å². The van der Waals surface area contributed by atoms with Crippen molar-refractivity contribution in [3.63, 3.8) is 0 Å². The number of carbonyl (C=O) groups is 1. The van der Waals surface area contributed by atoms with Gasteiger partial charge in [-0.2, -0.15) is 0 Å². The van der Waals surface area contributed by atoms with Crippen LogP contribution in [0.4, 0.5) is 11.5 Å². The molecule has 1 saturated carbocycles. The number of nitrogens with one attached hydrogen (secondary N) is 1. The molecule has 4 rings (SSSR count). The Kier molecular flexibility index (Phi) is 6.60. The molecule has 1 aromatic carbocycles. The summed E-state index contributed by atoms with van der Waals surface area (Å²) in [4.78, 5) is 20.2. The van der Waals surface area contributed by atoms with Gasteiger partial charge in [-0.1, -0.05) is 26.7 Å². The van der Waals surface area contributed by atoms with Crippen molar-refractivity contribution in [1.82, 2.24) is 4.98 Å². The first-order valence-corrected chi connectivity index (χ1v) is 12.0. The van der Waals surface area contributed by atoms with Crippen LogP contribution in [0, 0.1) is 24.7 Å². The van der Waals surface area contributed by atoms with Crippen molar-refractivity contribution in [2.45, 2.75) is 72.1 Å². The van der Waals surface area contributed by atoms with E-state index < -0.39 is 0 Å². The zero-order valence-corrected chi connectivity index (χ0v) is 18.9. The molecule has 1 aliphatic carbocycles. The molecule has 0 atom stereocenters. The first-order chi connectivity index (χ1) is 14.5. The van der Waals surface area contributed by atoms with Crippen molar-refractivity contribution in [3.05, 3.63) is 29.8 Å². The zero-order valence-electron chi connectivity index (χ0n) is 18.9. The minimum atomic E-state index is 0.164. The zero-order chi connectivity index (χ0) is 21.1. The van der Waals surface area contributed by atoms with Gasteiger partial charge in [0.2, 0.25) is 5.91 Å². The lowest BCUT2D eigenvalue weighted by molar-refractivity contribution is -0.121. The van der Waals surface area contributed by atoms with Crippen molar-refractivity contribution < 1.29 is 4.79 Å². The second-order valence-corrected chi connectivity index (χ2v) is 9.69. The number of rotatable bonds is 5. The fourth-order valence-corrected chi connectivity index (χ4v) is 5.22. The van der Waals surface area contributed by atoms with E-state index in [4.69, 9.17) is 4.98 Å². The maximum atomic E-state index is 12.8. The largest absolute Gasteiger partial charge is 0.357 e. The molecule has 1 N–H and O–H groups in total. The van der Waals surface area contributed by atoms with E-state index in [9.17, 15) is 4.79 Å². The molecule has 4 heteroatoms. The van der Waals surface area contributed by atoms with E-state index in [1.807, 2.05) is 6.07 Å². The minimum absolute atomic E-state index is 0.164. The number of benzene rings is 1. The molecule has 1 aliphatic heterocycles. The number of nitrogens with zero attached hydrogens (tertiary/aromatic N) is 2. The van der Waals surface area contributed by atoms with E-state index in [-0.39, 0.29) is 11.8 Å². The van der Waals surface area contributed by atoms with Crippen molar-refractivity contribution >= 4 is 28.3 Å². The van der Waals surface area contributed by atoms with Gasteiger partial charge in [-0.25, -0.2) is 4.98 Å². The Morgan fingerprint density at radius 1 is 1.10 bits per heavy atom. The van der Waals surface area contributed by atoms with Crippen LogP contribution in [-0.4, -0.2) is 24.0 Å². The maximum absolute atomic E-state index is 12.8. The van der Waals surface area contributed by atoms with Gasteiger partial charge in [0.25, 0.3) is 0 Å². The summed E-state index contributed by atoms with van der Waals surface area (Å²) in [7, 11) is 0. The number of aryl methyl sites for hydroxylation is 1. The number of fused-ring (bicyclic) bond motifs is 1. The molecule has 0 radical (unpaired) electrons. The lowest BCUT2D eigenvalue weighted by Crippen LogP contribution is -2.33. The number of pyridine rings is 1. The quantitative estimate of drug-likeness (QED) is 0.630. The van der Waals surface area contributed by atoms with Gasteiger partial charge in [-0.3, -0.25) is 4.79 Å². The summed E-state index contributed by atoms with van der Waals surface area (Å²) in [5.74, 6) is 3.08. The second-order valence-electron chi connectivity index (χ2n) is 9.69. The van der Waals surface area contributed by atoms with Gasteiger partial charge in [0.15, 0.2) is 0 Å². The molecule has 1 saturated heterocycles. The number of carbonyl (C=O) groups excluding carboxylic acids is 1. The van der Waals surface area contributed by atoms with Crippen LogP contribution in [0.15, 0.2) is 24.3 Å². The van der Waals surface area contributed by atoms with Gasteiger partial charge in [0, 0.05) is 30.1 Å². The molecule has 2 heterocycles. The molecular formula is C26H37N3O. The van der Waals surface area contributed by atoms with Crippen molar-refractivity contribution in [1.29, 1.82) is 0 Å². The molecule has 0 bridgehead atoms. The van der Waals surface area contributed by atoms with E-state index in [2.05, 4.69) is 49.2 Å². The predicted molar refractivity (Wildman–Crippen MR) is 126 cm³/mol. The van der Waals surface area contributed by atoms with E-state index in [0.29, 0.717) is 0 Å². The summed E-state index contributed by atoms with van der Waals surface area (Å²) in [6, 6.07) is 8.38. The van der Waals surface area contributed by atoms with Crippen LogP contribution in [0.5, 0.6) is 0 Å². The number of piperidine rings is 1. The highest BCUT2D eigenvalue weighted by molar-refractivity contribution is 5.96. The van der Waals surface area contributed by atoms with Crippen molar-refractivity contribution in [3.8, 4) is 0 Å². The fraction of sp³-hybridized carbons (Fsp3) is 0.615. The molecule has 2 fully saturated rings. The van der Waals surface area contributed by atoms with Crippen molar-refractivity contribution in [2.75, 3.05) is 23.3 Å². The van der Waals surface area contributed by atoms with E-state index in [1.165, 1.54) is 44.1 Å². The summed E-state index contributed by atoms with van der Waals surface area (Å²) < 4.78 is 0. The minimum Gasteiger partial charge on any atom is -0.357 e. The van der Waals surface area contributed by atoms with Crippen LogP contribution in [0.1, 0.15) is 70.8 Å². The first-order valence-electron chi connectivity index (χ1n) is 12.0. The van der Waals surface area contributed by atoms with Gasteiger partial charge in [-0.05, 0) is 87.1 Å². The standard InChI is InChI=1S/C26H37N3O/c1-4-5-20-6-8-21(9-7-20)26(30)27-22-10-11-24-23(17-22)19(3)16-25(28-24)29-14-12-18(2)13-15-29/h10-11,16-18,20-21H,4-9,12-15H2,1-3H3,(H,27,30). The van der Waals surface area contributed by atoms with Gasteiger partial charge in [0.1, 0.15) is 5.82 Å². The molecule has 0 unspecified atom stereocenters. The van der Waals surface area contributed by atoms with E-state index in [1.54, 1.807) is 0 Å². The van der Waals surface area contributed by atoms with Crippen molar-refractivity contribution in [2.24, 2.45) is 17.8 Å². The second kappa shape index (κ2) is 9.36. The smallest absolute Gasteiger partial charge is 0.227 e. The van der Waals surface area contributed by atoms with E-state index in [0.717, 1.165) is 60.2 Å². The predicted octanol–water partition coefficient (Wildman–Crippen LogP) is 6.32. The fourth-order valence-electron chi connectivity index (χ4n) is 5.22. The molecule has 30 heavy (non-hydrogen) atoms. The molecule has 162 valence electrons. The van der Waals surface area contributed by atoms with Crippen LogP contribution in [0.25, 0.3) is 10.9 Å². The molecule has 0 spiro atoms. The first kappa shape index (κ1) is 21.1. The number of anilines is 2. The molecule has 1 aromatic heterocycles. The van der Waals surface area contributed by atoms with Crippen LogP contribution >= 0.6 is 0 Å². The van der Waals surface area contributed by atoms with Crippen LogP contribution in [0.2, 0.25) is 0 Å². The average Bonchev–Trinajstić information content (AvgIpc) is 2.75. The lowest BCUT2D eigenvalue weighted by Gasteiger charge is -2.31. The average molecular weight is 408 g/mol. The Morgan fingerprint density at radius 3 is 2.53 bits per heavy atom. The topological polar surface area (TPSA) is 45.2 Å². The normalized spacial score (nSPS) is 23.0. The van der Waals surface area contributed by atoms with Gasteiger partial charge < -0.3 is 10.2 Å². The molecule has 2 aliphatic rings. The summed E-state index contributed by atoms with van der Waals surface area (Å²) in [5.41, 5.74) is 3.14. The highest BCUT2D eigenvalue weighted by atomic mass is 16.1. The molecule has 2 aromatic rings. The SMILES string of the molecule is CCCC1CCC(C(=O)Nc2ccc3nc(N4CCC(C)CC4)cc(C)c3c2)CC1. The van der Waals surface area contributed by atoms with Gasteiger partial charge in [0.05, 0.1) is 5.52 Å². The Bertz CT molecular complexity index is 877. The van der Waals surface area contributed by atoms with Crippen LogP contribution < -0.4 is 10.2 Å². The summed E-state index contributed by atoms with van der Waals surface area (Å²) >= 11 is 0. The summed E-state index contributed by atoms with van der Waals surface area (Å²) in [5, 5.41) is 4.32. The summed E-state index contributed by atoms with van der Waals surface area (Å²) in [6.45, 7) is 8.93. The summed E-state index contributed by atoms with van der Waals surface area (Å²) in [6.07, 6.45) is 9.50. The number of hydrogen-bond donors (Lipinski definition) is 1. The van der Waals surface area contributed by atoms with Crippen LogP contribution in [-0.2, 0) is 4.79 Å². The third-order valence-corrected chi connectivity index (χ3v) is 7.29. The monoisotopic (exact) mass is 407 g/mol. The third-order valence-electron chi connectivity index (χ3n) is 7.29. The molecule has 1 amide bonds. The Labute approximate surface area is 181 Å². The number of aromatic nitrogens is 1. The van der Waals surface area contributed by atoms with E-state index >= 15 is 0 Å². The number of amides is 1. The van der Waals surface area contributed by atoms with Crippen LogP contribution in [0.3, 0.4) is 0 Å². The lowest BCUT2D eigenvalue weighted by atomic mass is 9.80. The Hall–Kier alpha value is -2.10.